The Bertz CT molecular complexity index is 154. The second-order valence-corrected chi connectivity index (χ2v) is 2.83. The molecule has 1 amide bonds. The van der Waals surface area contributed by atoms with Gasteiger partial charge < -0.3 is 5.32 Å². The Morgan fingerprint density at radius 1 is 1.42 bits per heavy atom. The first-order chi connectivity index (χ1) is 5.76. The van der Waals surface area contributed by atoms with Crippen LogP contribution in [-0.2, 0) is 4.79 Å². The summed E-state index contributed by atoms with van der Waals surface area (Å²) in [4.78, 5) is 21.1. The number of carbonyl (C=O) groups is 1. The van der Waals surface area contributed by atoms with Crippen molar-refractivity contribution < 1.29 is 4.79 Å². The van der Waals surface area contributed by atoms with Crippen molar-refractivity contribution in [3.8, 4) is 0 Å². The number of rotatable bonds is 6. The van der Waals surface area contributed by atoms with Gasteiger partial charge in [0.25, 0.3) is 0 Å². The standard InChI is InChI=1S/C6H10Cl2N2O2/c7-2-1-5(10-12)6(11)9-4-3-8/h5H,1-4H2,(H,9,11)/t5-/m0/s1. The number of carbonyl (C=O) groups excluding carboxylic acids is 1. The van der Waals surface area contributed by atoms with Crippen LogP contribution in [0.25, 0.3) is 0 Å². The van der Waals surface area contributed by atoms with E-state index >= 15 is 0 Å². The first kappa shape index (κ1) is 11.6. The average molecular weight is 213 g/mol. The molecule has 1 atom stereocenters. The molecule has 0 aliphatic rings. The SMILES string of the molecule is O=N[C@@H](CCCl)C(=O)NCCCl. The summed E-state index contributed by atoms with van der Waals surface area (Å²) in [5, 5.41) is 5.09. The van der Waals surface area contributed by atoms with E-state index in [-0.39, 0.29) is 12.3 Å². The molecule has 4 nitrogen and oxygen atoms in total. The molecular formula is C6H10Cl2N2O2. The maximum absolute atomic E-state index is 11.0. The molecule has 0 aromatic heterocycles. The summed E-state index contributed by atoms with van der Waals surface area (Å²) in [7, 11) is 0. The molecule has 0 saturated carbocycles. The molecule has 0 radical (unpaired) electrons. The molecule has 0 rings (SSSR count). The predicted molar refractivity (Wildman–Crippen MR) is 48.6 cm³/mol. The summed E-state index contributed by atoms with van der Waals surface area (Å²) in [5.74, 6) is 0.148. The Balaban J connectivity index is 3.77. The van der Waals surface area contributed by atoms with Gasteiger partial charge in [0.1, 0.15) is 0 Å². The highest BCUT2D eigenvalue weighted by Gasteiger charge is 2.17. The van der Waals surface area contributed by atoms with Gasteiger partial charge in [-0.05, 0) is 6.42 Å². The van der Waals surface area contributed by atoms with Crippen LogP contribution in [0.5, 0.6) is 0 Å². The highest BCUT2D eigenvalue weighted by atomic mass is 35.5. The van der Waals surface area contributed by atoms with E-state index in [4.69, 9.17) is 23.2 Å². The van der Waals surface area contributed by atoms with Crippen molar-refractivity contribution >= 4 is 29.1 Å². The quantitative estimate of drug-likeness (QED) is 0.530. The fourth-order valence-corrected chi connectivity index (χ4v) is 0.924. The van der Waals surface area contributed by atoms with Crippen LogP contribution in [0.15, 0.2) is 5.18 Å². The van der Waals surface area contributed by atoms with E-state index in [0.717, 1.165) is 0 Å². The van der Waals surface area contributed by atoms with Crippen LogP contribution < -0.4 is 5.32 Å². The third-order valence-corrected chi connectivity index (χ3v) is 1.61. The van der Waals surface area contributed by atoms with Crippen molar-refractivity contribution in [3.63, 3.8) is 0 Å². The van der Waals surface area contributed by atoms with Crippen molar-refractivity contribution in [1.82, 2.24) is 5.32 Å². The maximum Gasteiger partial charge on any atom is 0.248 e. The topological polar surface area (TPSA) is 58.5 Å². The minimum atomic E-state index is -0.884. The number of alkyl halides is 2. The number of hydrogen-bond acceptors (Lipinski definition) is 3. The van der Waals surface area contributed by atoms with Gasteiger partial charge in [-0.3, -0.25) is 4.79 Å². The van der Waals surface area contributed by atoms with Gasteiger partial charge in [-0.2, -0.15) is 0 Å². The minimum absolute atomic E-state index is 0.241. The molecule has 0 saturated heterocycles. The molecule has 0 bridgehead atoms. The number of nitrogens with one attached hydrogen (secondary N) is 1. The van der Waals surface area contributed by atoms with Gasteiger partial charge in [-0.1, -0.05) is 5.18 Å². The Morgan fingerprint density at radius 3 is 2.50 bits per heavy atom. The molecule has 0 heterocycles. The number of hydrogen-bond donors (Lipinski definition) is 1. The van der Waals surface area contributed by atoms with Crippen LogP contribution in [0.4, 0.5) is 0 Å². The van der Waals surface area contributed by atoms with Gasteiger partial charge in [0.05, 0.1) is 0 Å². The van der Waals surface area contributed by atoms with Gasteiger partial charge in [-0.15, -0.1) is 28.1 Å². The monoisotopic (exact) mass is 212 g/mol. The van der Waals surface area contributed by atoms with Gasteiger partial charge in [0, 0.05) is 18.3 Å². The second-order valence-electron chi connectivity index (χ2n) is 2.08. The van der Waals surface area contributed by atoms with E-state index in [1.807, 2.05) is 0 Å². The van der Waals surface area contributed by atoms with E-state index in [1.165, 1.54) is 0 Å². The molecule has 0 aliphatic heterocycles. The van der Waals surface area contributed by atoms with Crippen molar-refractivity contribution in [1.29, 1.82) is 0 Å². The van der Waals surface area contributed by atoms with Crippen LogP contribution in [0.1, 0.15) is 6.42 Å². The lowest BCUT2D eigenvalue weighted by molar-refractivity contribution is -0.122. The van der Waals surface area contributed by atoms with Crippen molar-refractivity contribution in [2.75, 3.05) is 18.3 Å². The summed E-state index contributed by atoms with van der Waals surface area (Å²) in [5.41, 5.74) is 0. The largest absolute Gasteiger partial charge is 0.353 e. The third kappa shape index (κ3) is 4.51. The molecule has 1 N–H and O–H groups in total. The number of amides is 1. The average Bonchev–Trinajstić information content (AvgIpc) is 2.10. The molecule has 0 unspecified atom stereocenters. The number of halogens is 2. The third-order valence-electron chi connectivity index (χ3n) is 1.21. The molecule has 0 aromatic rings. The molecule has 12 heavy (non-hydrogen) atoms. The summed E-state index contributed by atoms with van der Waals surface area (Å²) in [6.07, 6.45) is 0.263. The lowest BCUT2D eigenvalue weighted by atomic mass is 10.2. The number of nitroso groups, excluding NO2 is 1. The van der Waals surface area contributed by atoms with E-state index in [0.29, 0.717) is 12.4 Å². The smallest absolute Gasteiger partial charge is 0.248 e. The second kappa shape index (κ2) is 7.31. The van der Waals surface area contributed by atoms with E-state index in [1.54, 1.807) is 0 Å². The van der Waals surface area contributed by atoms with E-state index < -0.39 is 11.9 Å². The zero-order chi connectivity index (χ0) is 9.40. The predicted octanol–water partition coefficient (Wildman–Crippen LogP) is 1.11. The molecule has 0 aromatic carbocycles. The summed E-state index contributed by atoms with van der Waals surface area (Å²) in [6, 6.07) is -0.884. The van der Waals surface area contributed by atoms with Gasteiger partial charge in [-0.25, -0.2) is 0 Å². The van der Waals surface area contributed by atoms with Crippen LogP contribution in [0.2, 0.25) is 0 Å². The Kier molecular flexibility index (Phi) is 7.09. The van der Waals surface area contributed by atoms with Gasteiger partial charge >= 0.3 is 0 Å². The van der Waals surface area contributed by atoms with Crippen molar-refractivity contribution in [3.05, 3.63) is 4.91 Å². The lowest BCUT2D eigenvalue weighted by Crippen LogP contribution is -2.34. The number of nitrogens with zero attached hydrogens (tertiary/aromatic N) is 1. The van der Waals surface area contributed by atoms with Crippen LogP contribution in [0.3, 0.4) is 0 Å². The summed E-state index contributed by atoms with van der Waals surface area (Å²) >= 11 is 10.7. The lowest BCUT2D eigenvalue weighted by Gasteiger charge is -2.06. The van der Waals surface area contributed by atoms with Crippen LogP contribution >= 0.6 is 23.2 Å². The highest BCUT2D eigenvalue weighted by Crippen LogP contribution is 1.99. The fraction of sp³-hybridized carbons (Fsp3) is 0.833. The van der Waals surface area contributed by atoms with Gasteiger partial charge in [0.15, 0.2) is 6.04 Å². The Morgan fingerprint density at radius 2 is 2.08 bits per heavy atom. The van der Waals surface area contributed by atoms with E-state index in [2.05, 4.69) is 10.5 Å². The van der Waals surface area contributed by atoms with Crippen LogP contribution in [-0.4, -0.2) is 30.3 Å². The van der Waals surface area contributed by atoms with E-state index in [9.17, 15) is 9.70 Å². The first-order valence-electron chi connectivity index (χ1n) is 3.48. The molecule has 0 spiro atoms. The molecule has 70 valence electrons. The van der Waals surface area contributed by atoms with Gasteiger partial charge in [0.2, 0.25) is 5.91 Å². The summed E-state index contributed by atoms with van der Waals surface area (Å²) < 4.78 is 0. The van der Waals surface area contributed by atoms with Crippen LogP contribution in [0, 0.1) is 4.91 Å². The molecule has 0 aliphatic carbocycles. The Labute approximate surface area is 80.6 Å². The van der Waals surface area contributed by atoms with Crippen molar-refractivity contribution in [2.24, 2.45) is 5.18 Å². The van der Waals surface area contributed by atoms with Crippen molar-refractivity contribution in [2.45, 2.75) is 12.5 Å². The summed E-state index contributed by atoms with van der Waals surface area (Å²) in [6.45, 7) is 0.342. The fourth-order valence-electron chi connectivity index (χ4n) is 0.623. The zero-order valence-electron chi connectivity index (χ0n) is 6.43. The molecule has 0 fully saturated rings. The molecule has 6 heteroatoms. The normalized spacial score (nSPS) is 12.2. The Hall–Kier alpha value is -0.350. The maximum atomic E-state index is 11.0. The molecular weight excluding hydrogens is 203 g/mol. The first-order valence-corrected chi connectivity index (χ1v) is 4.55. The zero-order valence-corrected chi connectivity index (χ0v) is 7.94. The highest BCUT2D eigenvalue weighted by molar-refractivity contribution is 6.18. The minimum Gasteiger partial charge on any atom is -0.353 e.